The van der Waals surface area contributed by atoms with Crippen molar-refractivity contribution in [2.45, 2.75) is 152 Å². The van der Waals surface area contributed by atoms with Crippen molar-refractivity contribution in [2.75, 3.05) is 0 Å². The summed E-state index contributed by atoms with van der Waals surface area (Å²) < 4.78 is 34.8. The molecule has 0 bridgehead atoms. The summed E-state index contributed by atoms with van der Waals surface area (Å²) >= 11 is 0. The third-order valence-electron chi connectivity index (χ3n) is 10.7. The molecule has 38 heavy (non-hydrogen) atoms. The molecule has 0 spiro atoms. The molecule has 0 atom stereocenters. The Morgan fingerprint density at radius 2 is 1.21 bits per heavy atom. The summed E-state index contributed by atoms with van der Waals surface area (Å²) in [4.78, 5) is 14.0. The second-order valence-corrected chi connectivity index (χ2v) is 17.9. The predicted octanol–water partition coefficient (Wildman–Crippen LogP) is 7.94. The Balaban J connectivity index is 1.45. The number of benzene rings is 1. The van der Waals surface area contributed by atoms with Gasteiger partial charge < -0.3 is 0 Å². The maximum absolute atomic E-state index is 15.6. The molecule has 1 saturated heterocycles. The molecule has 0 aromatic heterocycles. The number of hydrogen-bond donors (Lipinski definition) is 0. The molecule has 1 aliphatic heterocycles. The molecule has 212 valence electrons. The van der Waals surface area contributed by atoms with Crippen molar-refractivity contribution < 1.29 is 23.0 Å². The van der Waals surface area contributed by atoms with E-state index in [0.717, 1.165) is 0 Å². The van der Waals surface area contributed by atoms with Crippen LogP contribution < -0.4 is 5.46 Å². The van der Waals surface area contributed by atoms with Gasteiger partial charge in [-0.2, -0.15) is 0 Å². The summed E-state index contributed by atoms with van der Waals surface area (Å²) in [5.41, 5.74) is 1.25. The van der Waals surface area contributed by atoms with Gasteiger partial charge in [0.15, 0.2) is 0 Å². The summed E-state index contributed by atoms with van der Waals surface area (Å²) in [5, 5.41) is 0. The molecule has 3 saturated carbocycles. The third-order valence-corrected chi connectivity index (χ3v) is 16.8. The number of hydrogen-bond acceptors (Lipinski definition) is 4. The summed E-state index contributed by atoms with van der Waals surface area (Å²) in [6.07, 6.45) is 18.5. The van der Waals surface area contributed by atoms with Gasteiger partial charge in [-0.25, -0.2) is 0 Å². The quantitative estimate of drug-likeness (QED) is 0.268. The van der Waals surface area contributed by atoms with Crippen LogP contribution in [0.5, 0.6) is 0 Å². The molecule has 7 heteroatoms. The van der Waals surface area contributed by atoms with Gasteiger partial charge in [-0.3, -0.25) is 0 Å². The van der Waals surface area contributed by atoms with Gasteiger partial charge in [0.25, 0.3) is 0 Å². The molecule has 4 fully saturated rings. The van der Waals surface area contributed by atoms with E-state index in [1.165, 1.54) is 102 Å². The van der Waals surface area contributed by atoms with Gasteiger partial charge in [0.05, 0.1) is 0 Å². The number of carbonyl (C=O) groups is 1. The van der Waals surface area contributed by atoms with Crippen LogP contribution >= 0.6 is 7.49 Å². The van der Waals surface area contributed by atoms with Crippen molar-refractivity contribution >= 4 is 26.0 Å². The van der Waals surface area contributed by atoms with Crippen LogP contribution in [0.15, 0.2) is 18.2 Å². The molecule has 1 aromatic rings. The number of halogens is 1. The van der Waals surface area contributed by atoms with E-state index >= 15 is 4.39 Å². The summed E-state index contributed by atoms with van der Waals surface area (Å²) in [5.74, 6) is -0.947. The first-order valence-corrected chi connectivity index (χ1v) is 17.7. The van der Waals surface area contributed by atoms with Crippen LogP contribution in [-0.2, 0) is 13.8 Å². The van der Waals surface area contributed by atoms with Crippen molar-refractivity contribution in [1.82, 2.24) is 0 Å². The molecule has 3 aliphatic carbocycles. The van der Waals surface area contributed by atoms with Crippen molar-refractivity contribution in [1.29, 1.82) is 0 Å². The third kappa shape index (κ3) is 5.48. The Labute approximate surface area is 230 Å². The van der Waals surface area contributed by atoms with E-state index in [4.69, 9.17) is 13.8 Å². The average molecular weight is 547 g/mol. The van der Waals surface area contributed by atoms with E-state index in [1.54, 1.807) is 12.1 Å². The van der Waals surface area contributed by atoms with E-state index in [2.05, 4.69) is 0 Å². The van der Waals surface area contributed by atoms with E-state index in [9.17, 15) is 4.79 Å². The molecule has 5 rings (SSSR count). The van der Waals surface area contributed by atoms with Crippen LogP contribution in [0.2, 0.25) is 0 Å². The topological polar surface area (TPSA) is 44.8 Å². The van der Waals surface area contributed by atoms with Crippen molar-refractivity contribution in [2.24, 2.45) is 0 Å². The van der Waals surface area contributed by atoms with Gasteiger partial charge in [0.2, 0.25) is 0 Å². The standard InChI is InChI=1S/C31H49BFO4P/c1-30(2)31(3,4)37-32(36-30)23-20-21-27(28(33)22-23)29(34)35-38(24-14-8-5-9-15-24,25-16-10-6-11-17-25)26-18-12-7-13-19-26/h20-22,24-26,38H,5-19H2,1-4H3. The number of rotatable bonds is 6. The molecule has 0 amide bonds. The first-order valence-electron chi connectivity index (χ1n) is 15.5. The van der Waals surface area contributed by atoms with Crippen LogP contribution in [0.3, 0.4) is 0 Å². The molecule has 0 radical (unpaired) electrons. The second-order valence-electron chi connectivity index (χ2n) is 13.6. The van der Waals surface area contributed by atoms with Gasteiger partial charge in [0.1, 0.15) is 0 Å². The average Bonchev–Trinajstić information content (AvgIpc) is 3.15. The van der Waals surface area contributed by atoms with E-state index in [1.807, 2.05) is 27.7 Å². The van der Waals surface area contributed by atoms with Gasteiger partial charge in [0, 0.05) is 0 Å². The van der Waals surface area contributed by atoms with Crippen LogP contribution in [0, 0.1) is 5.82 Å². The zero-order valence-electron chi connectivity index (χ0n) is 24.2. The Kier molecular flexibility index (Phi) is 8.64. The molecular formula is C31H49BFO4P. The van der Waals surface area contributed by atoms with E-state index in [0.29, 0.717) is 22.4 Å². The Bertz CT molecular complexity index is 919. The minimum atomic E-state index is -2.50. The maximum atomic E-state index is 15.6. The fourth-order valence-corrected chi connectivity index (χ4v) is 14.8. The van der Waals surface area contributed by atoms with E-state index < -0.39 is 37.6 Å². The normalized spacial score (nSPS) is 25.9. The van der Waals surface area contributed by atoms with Crippen LogP contribution in [0.4, 0.5) is 4.39 Å². The molecule has 0 N–H and O–H groups in total. The monoisotopic (exact) mass is 546 g/mol. The molecule has 0 unspecified atom stereocenters. The summed E-state index contributed by atoms with van der Waals surface area (Å²) in [7, 11) is -3.16. The fraction of sp³-hybridized carbons (Fsp3) is 0.774. The zero-order valence-corrected chi connectivity index (χ0v) is 25.2. The Hall–Kier alpha value is -0.965. The molecule has 1 aromatic carbocycles. The number of carbonyl (C=O) groups excluding carboxylic acids is 1. The van der Waals surface area contributed by atoms with Gasteiger partial charge >= 0.3 is 231 Å². The molecular weight excluding hydrogens is 497 g/mol. The minimum absolute atomic E-state index is 0.0737. The molecule has 4 aliphatic rings. The van der Waals surface area contributed by atoms with Crippen LogP contribution in [0.25, 0.3) is 0 Å². The SMILES string of the molecule is CC1(C)OB(c2ccc(C(=O)O[PH](C3CCCCC3)(C3CCCCC3)C3CCCCC3)c(F)c2)OC1(C)C. The van der Waals surface area contributed by atoms with E-state index in [-0.39, 0.29) is 5.56 Å². The Morgan fingerprint density at radius 3 is 1.61 bits per heavy atom. The van der Waals surface area contributed by atoms with Crippen molar-refractivity contribution in [3.63, 3.8) is 0 Å². The first-order chi connectivity index (χ1) is 18.1. The summed E-state index contributed by atoms with van der Waals surface area (Å²) in [6, 6.07) is 4.82. The molecule has 4 nitrogen and oxygen atoms in total. The second kappa shape index (κ2) is 11.5. The van der Waals surface area contributed by atoms with Crippen LogP contribution in [-0.4, -0.2) is 41.3 Å². The van der Waals surface area contributed by atoms with Gasteiger partial charge in [-0.1, -0.05) is 0 Å². The molecule has 1 heterocycles. The Morgan fingerprint density at radius 1 is 0.789 bits per heavy atom. The first kappa shape index (κ1) is 28.6. The zero-order chi connectivity index (χ0) is 27.0. The summed E-state index contributed by atoms with van der Waals surface area (Å²) in [6.45, 7) is 7.95. The van der Waals surface area contributed by atoms with Gasteiger partial charge in [-0.15, -0.1) is 0 Å². The fourth-order valence-electron chi connectivity index (χ4n) is 7.95. The van der Waals surface area contributed by atoms with Crippen molar-refractivity contribution in [3.8, 4) is 0 Å². The van der Waals surface area contributed by atoms with Crippen molar-refractivity contribution in [3.05, 3.63) is 29.6 Å². The predicted molar refractivity (Wildman–Crippen MR) is 156 cm³/mol. The van der Waals surface area contributed by atoms with Crippen LogP contribution in [0.1, 0.15) is 134 Å². The van der Waals surface area contributed by atoms with Gasteiger partial charge in [-0.05, 0) is 0 Å².